The summed E-state index contributed by atoms with van der Waals surface area (Å²) in [4.78, 5) is 42.0. The molecule has 0 aliphatic carbocycles. The minimum Gasteiger partial charge on any atom is -0.355 e. The monoisotopic (exact) mass is 404 g/mol. The van der Waals surface area contributed by atoms with Gasteiger partial charge in [-0.25, -0.2) is 4.39 Å². The average Bonchev–Trinajstić information content (AvgIpc) is 2.97. The summed E-state index contributed by atoms with van der Waals surface area (Å²) in [5.41, 5.74) is 0.481. The van der Waals surface area contributed by atoms with E-state index in [-0.39, 0.29) is 23.5 Å². The van der Waals surface area contributed by atoms with Gasteiger partial charge in [-0.3, -0.25) is 19.3 Å². The van der Waals surface area contributed by atoms with E-state index in [0.717, 1.165) is 32.4 Å². The number of likely N-dealkylation sites (tertiary alicyclic amines) is 1. The molecule has 1 N–H and O–H groups in total. The normalized spacial score (nSPS) is 18.0. The summed E-state index contributed by atoms with van der Waals surface area (Å²) < 4.78 is 13.1. The first-order chi connectivity index (χ1) is 14.0. The van der Waals surface area contributed by atoms with Crippen LogP contribution in [0.4, 0.5) is 4.39 Å². The second-order valence-corrected chi connectivity index (χ2v) is 7.62. The number of halogens is 1. The molecule has 2 saturated heterocycles. The number of carbonyl (C=O) groups is 3. The average molecular weight is 404 g/mol. The molecule has 158 valence electrons. The number of rotatable bonds is 7. The van der Waals surface area contributed by atoms with Crippen LogP contribution in [0.5, 0.6) is 0 Å². The minimum absolute atomic E-state index is 0.0314. The van der Waals surface area contributed by atoms with Gasteiger partial charge in [0.05, 0.1) is 6.54 Å². The molecular formula is C21H29FN4O3. The Morgan fingerprint density at radius 1 is 1.00 bits per heavy atom. The molecule has 0 radical (unpaired) electrons. The molecule has 7 nitrogen and oxygen atoms in total. The zero-order valence-electron chi connectivity index (χ0n) is 16.7. The molecule has 0 atom stereocenters. The SMILES string of the molecule is O=C(CN1CCCN(C(=O)c2ccc(F)cc2)CC1)NCCCN1CCCC1=O. The second-order valence-electron chi connectivity index (χ2n) is 7.62. The maximum absolute atomic E-state index is 13.1. The molecule has 0 unspecified atom stereocenters. The van der Waals surface area contributed by atoms with Crippen LogP contribution in [0.3, 0.4) is 0 Å². The number of hydrogen-bond donors (Lipinski definition) is 1. The Hall–Kier alpha value is -2.48. The molecule has 2 fully saturated rings. The highest BCUT2D eigenvalue weighted by Crippen LogP contribution is 2.11. The van der Waals surface area contributed by atoms with Crippen LogP contribution in [0.15, 0.2) is 24.3 Å². The third-order valence-corrected chi connectivity index (χ3v) is 5.43. The summed E-state index contributed by atoms with van der Waals surface area (Å²) in [6.07, 6.45) is 3.12. The van der Waals surface area contributed by atoms with Crippen molar-refractivity contribution < 1.29 is 18.8 Å². The molecule has 1 aromatic rings. The second kappa shape index (κ2) is 10.3. The topological polar surface area (TPSA) is 73.0 Å². The standard InChI is InChI=1S/C21H29FN4O3/c22-18-7-5-17(6-8-18)21(29)26-13-3-10-24(14-15-26)16-19(27)23-9-2-12-25-11-1-4-20(25)28/h5-8H,1-4,9-16H2,(H,23,27). The van der Waals surface area contributed by atoms with E-state index in [4.69, 9.17) is 0 Å². The van der Waals surface area contributed by atoms with E-state index in [2.05, 4.69) is 10.2 Å². The van der Waals surface area contributed by atoms with E-state index >= 15 is 0 Å². The summed E-state index contributed by atoms with van der Waals surface area (Å²) in [6.45, 7) is 4.94. The van der Waals surface area contributed by atoms with E-state index in [1.807, 2.05) is 4.90 Å². The molecule has 2 heterocycles. The van der Waals surface area contributed by atoms with Gasteiger partial charge in [-0.05, 0) is 43.5 Å². The maximum Gasteiger partial charge on any atom is 0.253 e. The number of hydrogen-bond acceptors (Lipinski definition) is 4. The van der Waals surface area contributed by atoms with Crippen molar-refractivity contribution in [1.29, 1.82) is 0 Å². The first-order valence-electron chi connectivity index (χ1n) is 10.3. The molecule has 29 heavy (non-hydrogen) atoms. The van der Waals surface area contributed by atoms with Crippen molar-refractivity contribution in [3.05, 3.63) is 35.6 Å². The van der Waals surface area contributed by atoms with Crippen molar-refractivity contribution >= 4 is 17.7 Å². The lowest BCUT2D eigenvalue weighted by Gasteiger charge is -2.22. The molecule has 0 spiro atoms. The van der Waals surface area contributed by atoms with Crippen LogP contribution in [0, 0.1) is 5.82 Å². The van der Waals surface area contributed by atoms with Crippen LogP contribution in [-0.2, 0) is 9.59 Å². The zero-order chi connectivity index (χ0) is 20.6. The minimum atomic E-state index is -0.360. The van der Waals surface area contributed by atoms with Crippen LogP contribution < -0.4 is 5.32 Å². The van der Waals surface area contributed by atoms with E-state index in [0.29, 0.717) is 51.3 Å². The Kier molecular flexibility index (Phi) is 7.57. The number of amides is 3. The van der Waals surface area contributed by atoms with Crippen molar-refractivity contribution in [3.8, 4) is 0 Å². The quantitative estimate of drug-likeness (QED) is 0.691. The van der Waals surface area contributed by atoms with Gasteiger partial charge in [-0.1, -0.05) is 0 Å². The Morgan fingerprint density at radius 3 is 2.52 bits per heavy atom. The van der Waals surface area contributed by atoms with Crippen molar-refractivity contribution in [3.63, 3.8) is 0 Å². The lowest BCUT2D eigenvalue weighted by Crippen LogP contribution is -2.40. The van der Waals surface area contributed by atoms with Gasteiger partial charge in [0.2, 0.25) is 11.8 Å². The number of carbonyl (C=O) groups excluding carboxylic acids is 3. The summed E-state index contributed by atoms with van der Waals surface area (Å²) in [5.74, 6) is -0.286. The summed E-state index contributed by atoms with van der Waals surface area (Å²) in [5, 5.41) is 2.92. The zero-order valence-corrected chi connectivity index (χ0v) is 16.7. The summed E-state index contributed by atoms with van der Waals surface area (Å²) in [6, 6.07) is 5.59. The first kappa shape index (κ1) is 21.2. The summed E-state index contributed by atoms with van der Waals surface area (Å²) >= 11 is 0. The van der Waals surface area contributed by atoms with Crippen molar-refractivity contribution in [2.24, 2.45) is 0 Å². The van der Waals surface area contributed by atoms with Gasteiger partial charge in [0.25, 0.3) is 5.91 Å². The van der Waals surface area contributed by atoms with Crippen LogP contribution in [0.1, 0.15) is 36.0 Å². The number of benzene rings is 1. The van der Waals surface area contributed by atoms with E-state index in [1.165, 1.54) is 24.3 Å². The van der Waals surface area contributed by atoms with Crippen LogP contribution in [0.25, 0.3) is 0 Å². The molecule has 2 aliphatic rings. The molecule has 0 aromatic heterocycles. The van der Waals surface area contributed by atoms with Gasteiger partial charge in [-0.15, -0.1) is 0 Å². The first-order valence-corrected chi connectivity index (χ1v) is 10.3. The maximum atomic E-state index is 13.1. The highest BCUT2D eigenvalue weighted by molar-refractivity contribution is 5.94. The number of nitrogens with one attached hydrogen (secondary N) is 1. The van der Waals surface area contributed by atoms with E-state index < -0.39 is 0 Å². The van der Waals surface area contributed by atoms with E-state index in [9.17, 15) is 18.8 Å². The van der Waals surface area contributed by atoms with Gasteiger partial charge in [0.1, 0.15) is 5.82 Å². The molecule has 2 aliphatic heterocycles. The van der Waals surface area contributed by atoms with E-state index in [1.54, 1.807) is 4.90 Å². The smallest absolute Gasteiger partial charge is 0.253 e. The molecule has 0 bridgehead atoms. The van der Waals surface area contributed by atoms with Crippen molar-refractivity contribution in [2.45, 2.75) is 25.7 Å². The molecule has 3 amide bonds. The van der Waals surface area contributed by atoms with Crippen LogP contribution in [0.2, 0.25) is 0 Å². The fourth-order valence-corrected chi connectivity index (χ4v) is 3.80. The van der Waals surface area contributed by atoms with Crippen LogP contribution >= 0.6 is 0 Å². The Labute approximate surface area is 170 Å². The Bertz CT molecular complexity index is 725. The fraction of sp³-hybridized carbons (Fsp3) is 0.571. The molecule has 8 heteroatoms. The molecular weight excluding hydrogens is 375 g/mol. The number of nitrogens with zero attached hydrogens (tertiary/aromatic N) is 3. The third kappa shape index (κ3) is 6.25. The molecule has 0 saturated carbocycles. The molecule has 3 rings (SSSR count). The Balaban J connectivity index is 1.36. The van der Waals surface area contributed by atoms with Crippen LogP contribution in [-0.4, -0.2) is 84.8 Å². The fourth-order valence-electron chi connectivity index (χ4n) is 3.80. The van der Waals surface area contributed by atoms with Crippen molar-refractivity contribution in [2.75, 3.05) is 52.4 Å². The van der Waals surface area contributed by atoms with Gasteiger partial charge < -0.3 is 15.1 Å². The van der Waals surface area contributed by atoms with Gasteiger partial charge in [0, 0.05) is 57.8 Å². The van der Waals surface area contributed by atoms with Crippen molar-refractivity contribution in [1.82, 2.24) is 20.0 Å². The van der Waals surface area contributed by atoms with Gasteiger partial charge >= 0.3 is 0 Å². The highest BCUT2D eigenvalue weighted by Gasteiger charge is 2.22. The van der Waals surface area contributed by atoms with Gasteiger partial charge in [0.15, 0.2) is 0 Å². The Morgan fingerprint density at radius 2 is 1.79 bits per heavy atom. The molecule has 1 aromatic carbocycles. The lowest BCUT2D eigenvalue weighted by atomic mass is 10.2. The summed E-state index contributed by atoms with van der Waals surface area (Å²) in [7, 11) is 0. The predicted octanol–water partition coefficient (Wildman–Crippen LogP) is 1.10. The predicted molar refractivity (Wildman–Crippen MR) is 107 cm³/mol. The third-order valence-electron chi connectivity index (χ3n) is 5.43. The van der Waals surface area contributed by atoms with Gasteiger partial charge in [-0.2, -0.15) is 0 Å². The lowest BCUT2D eigenvalue weighted by molar-refractivity contribution is -0.127. The largest absolute Gasteiger partial charge is 0.355 e. The highest BCUT2D eigenvalue weighted by atomic mass is 19.1.